The minimum Gasteiger partial charge on any atom is -0.334 e. The van der Waals surface area contributed by atoms with E-state index in [1.807, 2.05) is 0 Å². The number of hydrogen-bond donors (Lipinski definition) is 2. The summed E-state index contributed by atoms with van der Waals surface area (Å²) in [6, 6.07) is 10.4. The molecule has 1 saturated heterocycles. The quantitative estimate of drug-likeness (QED) is 0.675. The van der Waals surface area contributed by atoms with Crippen molar-refractivity contribution in [2.75, 3.05) is 13.1 Å². The zero-order valence-corrected chi connectivity index (χ0v) is 18.5. The molecule has 0 spiro atoms. The first-order valence-corrected chi connectivity index (χ1v) is 11.6. The molecule has 6 nitrogen and oxygen atoms in total. The third-order valence-electron chi connectivity index (χ3n) is 4.63. The fourth-order valence-corrected chi connectivity index (χ4v) is 5.24. The van der Waals surface area contributed by atoms with Gasteiger partial charge in [-0.3, -0.25) is 0 Å². The van der Waals surface area contributed by atoms with Gasteiger partial charge in [-0.1, -0.05) is 40.9 Å². The Hall–Kier alpha value is -1.51. The molecule has 2 amide bonds. The van der Waals surface area contributed by atoms with E-state index in [9.17, 15) is 13.2 Å². The second-order valence-corrected chi connectivity index (χ2v) is 9.94. The monoisotopic (exact) mass is 475 g/mol. The van der Waals surface area contributed by atoms with Crippen molar-refractivity contribution in [1.82, 2.24) is 14.9 Å². The summed E-state index contributed by atoms with van der Waals surface area (Å²) in [5.41, 5.74) is 0.738. The standard InChI is InChI=1S/C19H20Cl3N3O3S/c20-14-5-7-17(8-6-14)29(27,28)25-9-1-2-16(12-25)24-19(26)23-11-13-3-4-15(21)10-18(13)22/h3-8,10,16H,1-2,9,11-12H2,(H2,23,24,26)/t16-/m1/s1. The number of sulfonamides is 1. The molecule has 2 aromatic rings. The number of carbonyl (C=O) groups excluding carboxylic acids is 1. The number of hydrogen-bond acceptors (Lipinski definition) is 3. The van der Waals surface area contributed by atoms with Gasteiger partial charge in [0.1, 0.15) is 0 Å². The Labute approximate surface area is 185 Å². The van der Waals surface area contributed by atoms with Gasteiger partial charge in [0, 0.05) is 40.7 Å². The molecular formula is C19H20Cl3N3O3S. The van der Waals surface area contributed by atoms with Crippen molar-refractivity contribution in [3.63, 3.8) is 0 Å². The molecule has 0 unspecified atom stereocenters. The minimum atomic E-state index is -3.64. The molecule has 0 radical (unpaired) electrons. The lowest BCUT2D eigenvalue weighted by molar-refractivity contribution is 0.225. The summed E-state index contributed by atoms with van der Waals surface area (Å²) < 4.78 is 27.1. The number of nitrogens with one attached hydrogen (secondary N) is 2. The number of nitrogens with zero attached hydrogens (tertiary/aromatic N) is 1. The van der Waals surface area contributed by atoms with E-state index in [0.717, 1.165) is 5.56 Å². The van der Waals surface area contributed by atoms with Gasteiger partial charge in [-0.25, -0.2) is 13.2 Å². The molecule has 1 aliphatic rings. The van der Waals surface area contributed by atoms with Crippen LogP contribution in [0.4, 0.5) is 4.79 Å². The Balaban J connectivity index is 1.57. The highest BCUT2D eigenvalue weighted by molar-refractivity contribution is 7.89. The average Bonchev–Trinajstić information content (AvgIpc) is 2.68. The SMILES string of the molecule is O=C(NCc1ccc(Cl)cc1Cl)N[C@@H]1CCCN(S(=O)(=O)c2ccc(Cl)cc2)C1. The van der Waals surface area contributed by atoms with Crippen LogP contribution in [0.1, 0.15) is 18.4 Å². The highest BCUT2D eigenvalue weighted by Gasteiger charge is 2.30. The predicted octanol–water partition coefficient (Wildman–Crippen LogP) is 4.30. The number of amides is 2. The van der Waals surface area contributed by atoms with Crippen molar-refractivity contribution >= 4 is 50.9 Å². The van der Waals surface area contributed by atoms with Crippen molar-refractivity contribution < 1.29 is 13.2 Å². The second kappa shape index (κ2) is 9.53. The lowest BCUT2D eigenvalue weighted by Gasteiger charge is -2.32. The van der Waals surface area contributed by atoms with Crippen LogP contribution in [0.5, 0.6) is 0 Å². The fraction of sp³-hybridized carbons (Fsp3) is 0.316. The molecule has 0 aliphatic carbocycles. The zero-order chi connectivity index (χ0) is 21.0. The van der Waals surface area contributed by atoms with Crippen molar-refractivity contribution in [2.45, 2.75) is 30.3 Å². The molecule has 29 heavy (non-hydrogen) atoms. The Morgan fingerprint density at radius 1 is 1.07 bits per heavy atom. The first kappa shape index (κ1) is 22.2. The van der Waals surface area contributed by atoms with Crippen molar-refractivity contribution in [1.29, 1.82) is 0 Å². The van der Waals surface area contributed by atoms with E-state index in [4.69, 9.17) is 34.8 Å². The lowest BCUT2D eigenvalue weighted by atomic mass is 10.1. The summed E-state index contributed by atoms with van der Waals surface area (Å²) in [6.45, 7) is 0.854. The molecule has 156 valence electrons. The van der Waals surface area contributed by atoms with Gasteiger partial charge in [0.25, 0.3) is 0 Å². The van der Waals surface area contributed by atoms with Gasteiger partial charge in [-0.2, -0.15) is 4.31 Å². The third kappa shape index (κ3) is 5.77. The Morgan fingerprint density at radius 2 is 1.76 bits per heavy atom. The number of benzene rings is 2. The maximum absolute atomic E-state index is 12.8. The van der Waals surface area contributed by atoms with Crippen LogP contribution in [0.15, 0.2) is 47.4 Å². The van der Waals surface area contributed by atoms with E-state index < -0.39 is 10.0 Å². The molecular weight excluding hydrogens is 457 g/mol. The largest absolute Gasteiger partial charge is 0.334 e. The topological polar surface area (TPSA) is 78.5 Å². The van der Waals surface area contributed by atoms with Gasteiger partial charge in [-0.15, -0.1) is 0 Å². The van der Waals surface area contributed by atoms with Gasteiger partial charge in [-0.05, 0) is 54.8 Å². The van der Waals surface area contributed by atoms with Gasteiger partial charge < -0.3 is 10.6 Å². The van der Waals surface area contributed by atoms with Crippen LogP contribution >= 0.6 is 34.8 Å². The minimum absolute atomic E-state index is 0.185. The van der Waals surface area contributed by atoms with Crippen LogP contribution < -0.4 is 10.6 Å². The lowest BCUT2D eigenvalue weighted by Crippen LogP contribution is -2.51. The molecule has 0 saturated carbocycles. The first-order chi connectivity index (χ1) is 13.8. The van der Waals surface area contributed by atoms with E-state index in [0.29, 0.717) is 34.5 Å². The number of rotatable bonds is 5. The fourth-order valence-electron chi connectivity index (χ4n) is 3.11. The molecule has 3 rings (SSSR count). The Morgan fingerprint density at radius 3 is 2.45 bits per heavy atom. The summed E-state index contributed by atoms with van der Waals surface area (Å²) in [5.74, 6) is 0. The first-order valence-electron chi connectivity index (χ1n) is 9.00. The highest BCUT2D eigenvalue weighted by Crippen LogP contribution is 2.23. The molecule has 0 bridgehead atoms. The van der Waals surface area contributed by atoms with Gasteiger partial charge in [0.15, 0.2) is 0 Å². The van der Waals surface area contributed by atoms with E-state index >= 15 is 0 Å². The smallest absolute Gasteiger partial charge is 0.315 e. The van der Waals surface area contributed by atoms with E-state index in [2.05, 4.69) is 10.6 Å². The Bertz CT molecular complexity index is 984. The molecule has 1 heterocycles. The average molecular weight is 477 g/mol. The summed E-state index contributed by atoms with van der Waals surface area (Å²) in [4.78, 5) is 12.4. The summed E-state index contributed by atoms with van der Waals surface area (Å²) in [7, 11) is -3.64. The van der Waals surface area contributed by atoms with Gasteiger partial charge in [0.2, 0.25) is 10.0 Å². The predicted molar refractivity (Wildman–Crippen MR) is 115 cm³/mol. The molecule has 1 aliphatic heterocycles. The number of halogens is 3. The van der Waals surface area contributed by atoms with Crippen LogP contribution in [-0.4, -0.2) is 37.9 Å². The molecule has 2 aromatic carbocycles. The van der Waals surface area contributed by atoms with Crippen LogP contribution in [0, 0.1) is 0 Å². The summed E-state index contributed by atoms with van der Waals surface area (Å²) in [5, 5.41) is 7.03. The van der Waals surface area contributed by atoms with E-state index in [1.165, 1.54) is 16.4 Å². The molecule has 1 fully saturated rings. The maximum atomic E-state index is 12.8. The number of carbonyl (C=O) groups is 1. The normalized spacial score (nSPS) is 17.7. The molecule has 1 atom stereocenters. The van der Waals surface area contributed by atoms with Crippen LogP contribution in [0.3, 0.4) is 0 Å². The second-order valence-electron chi connectivity index (χ2n) is 6.72. The summed E-state index contributed by atoms with van der Waals surface area (Å²) in [6.07, 6.45) is 1.35. The van der Waals surface area contributed by atoms with E-state index in [1.54, 1.807) is 30.3 Å². The van der Waals surface area contributed by atoms with Crippen LogP contribution in [0.25, 0.3) is 0 Å². The molecule has 0 aromatic heterocycles. The molecule has 10 heteroatoms. The van der Waals surface area contributed by atoms with Crippen molar-refractivity contribution in [3.8, 4) is 0 Å². The van der Waals surface area contributed by atoms with Gasteiger partial charge in [0.05, 0.1) is 4.90 Å². The number of piperidine rings is 1. The summed E-state index contributed by atoms with van der Waals surface area (Å²) >= 11 is 17.8. The number of urea groups is 1. The third-order valence-corrected chi connectivity index (χ3v) is 7.34. The zero-order valence-electron chi connectivity index (χ0n) is 15.4. The van der Waals surface area contributed by atoms with Gasteiger partial charge >= 0.3 is 6.03 Å². The molecule has 2 N–H and O–H groups in total. The van der Waals surface area contributed by atoms with Crippen LogP contribution in [0.2, 0.25) is 15.1 Å². The van der Waals surface area contributed by atoms with Crippen molar-refractivity contribution in [3.05, 3.63) is 63.1 Å². The van der Waals surface area contributed by atoms with Crippen LogP contribution in [-0.2, 0) is 16.6 Å². The highest BCUT2D eigenvalue weighted by atomic mass is 35.5. The van der Waals surface area contributed by atoms with Crippen molar-refractivity contribution in [2.24, 2.45) is 0 Å². The maximum Gasteiger partial charge on any atom is 0.315 e. The van der Waals surface area contributed by atoms with E-state index in [-0.39, 0.29) is 30.1 Å². The Kier molecular flexibility index (Phi) is 7.29.